The van der Waals surface area contributed by atoms with Crippen LogP contribution < -0.4 is 5.73 Å². The van der Waals surface area contributed by atoms with E-state index in [2.05, 4.69) is 14.8 Å². The lowest BCUT2D eigenvalue weighted by Crippen LogP contribution is -2.11. The Morgan fingerprint density at radius 2 is 2.46 bits per heavy atom. The maximum absolute atomic E-state index is 5.98. The molecule has 68 valence electrons. The van der Waals surface area contributed by atoms with Crippen molar-refractivity contribution < 1.29 is 0 Å². The monoisotopic (exact) mass is 211 g/mol. The zero-order valence-corrected chi connectivity index (χ0v) is 8.52. The smallest absolute Gasteiger partial charge is 0.0762 e. The third-order valence-electron chi connectivity index (χ3n) is 1.74. The first-order valence-electron chi connectivity index (χ1n) is 3.91. The van der Waals surface area contributed by atoms with Crippen molar-refractivity contribution in [1.82, 2.24) is 8.75 Å². The largest absolute Gasteiger partial charge is 0.323 e. The predicted molar refractivity (Wildman–Crippen MR) is 54.9 cm³/mol. The number of thiophene rings is 1. The van der Waals surface area contributed by atoms with Gasteiger partial charge in [0.25, 0.3) is 0 Å². The Labute approximate surface area is 84.6 Å². The minimum Gasteiger partial charge on any atom is -0.323 e. The fourth-order valence-electron chi connectivity index (χ4n) is 1.10. The first-order chi connectivity index (χ1) is 6.36. The van der Waals surface area contributed by atoms with Gasteiger partial charge in [0.1, 0.15) is 0 Å². The van der Waals surface area contributed by atoms with E-state index < -0.39 is 0 Å². The van der Waals surface area contributed by atoms with Gasteiger partial charge in [-0.3, -0.25) is 0 Å². The summed E-state index contributed by atoms with van der Waals surface area (Å²) in [6, 6.07) is 4.12. The van der Waals surface area contributed by atoms with Gasteiger partial charge in [0.15, 0.2) is 0 Å². The molecule has 2 rings (SSSR count). The maximum atomic E-state index is 5.98. The van der Waals surface area contributed by atoms with Crippen molar-refractivity contribution in [2.45, 2.75) is 12.5 Å². The van der Waals surface area contributed by atoms with Crippen LogP contribution in [0.4, 0.5) is 0 Å². The molecule has 2 heterocycles. The van der Waals surface area contributed by atoms with Crippen LogP contribution >= 0.6 is 23.1 Å². The van der Waals surface area contributed by atoms with Gasteiger partial charge in [-0.1, -0.05) is 6.07 Å². The molecule has 13 heavy (non-hydrogen) atoms. The zero-order chi connectivity index (χ0) is 9.10. The summed E-state index contributed by atoms with van der Waals surface area (Å²) in [6.45, 7) is 0. The number of nitrogens with zero attached hydrogens (tertiary/aromatic N) is 2. The average Bonchev–Trinajstić information content (AvgIpc) is 2.74. The maximum Gasteiger partial charge on any atom is 0.0762 e. The first-order valence-corrected chi connectivity index (χ1v) is 5.52. The highest BCUT2D eigenvalue weighted by molar-refractivity contribution is 7.10. The van der Waals surface area contributed by atoms with Crippen molar-refractivity contribution in [3.8, 4) is 0 Å². The molecule has 2 aromatic rings. The highest BCUT2D eigenvalue weighted by Gasteiger charge is 2.09. The second kappa shape index (κ2) is 3.95. The van der Waals surface area contributed by atoms with Crippen molar-refractivity contribution in [3.63, 3.8) is 0 Å². The molecule has 2 aromatic heterocycles. The molecule has 0 bridgehead atoms. The highest BCUT2D eigenvalue weighted by Crippen LogP contribution is 2.19. The minimum absolute atomic E-state index is 0.0592. The van der Waals surface area contributed by atoms with E-state index >= 15 is 0 Å². The molecular formula is C8H9N3S2. The summed E-state index contributed by atoms with van der Waals surface area (Å²) in [5, 5.41) is 2.04. The van der Waals surface area contributed by atoms with Crippen LogP contribution in [0.15, 0.2) is 23.7 Å². The van der Waals surface area contributed by atoms with Crippen molar-refractivity contribution in [2.75, 3.05) is 0 Å². The van der Waals surface area contributed by atoms with Crippen LogP contribution in [-0.4, -0.2) is 8.75 Å². The summed E-state index contributed by atoms with van der Waals surface area (Å²) in [5.41, 5.74) is 6.96. The summed E-state index contributed by atoms with van der Waals surface area (Å²) in [5.74, 6) is 0. The number of nitrogens with two attached hydrogens (primary N) is 1. The molecule has 1 unspecified atom stereocenters. The van der Waals surface area contributed by atoms with E-state index in [9.17, 15) is 0 Å². The van der Waals surface area contributed by atoms with Gasteiger partial charge in [-0.25, -0.2) is 0 Å². The van der Waals surface area contributed by atoms with Crippen LogP contribution in [0.2, 0.25) is 0 Å². The first kappa shape index (κ1) is 8.80. The SMILES string of the molecule is NC(Cc1cnsn1)c1cccs1. The summed E-state index contributed by atoms with van der Waals surface area (Å²) in [7, 11) is 0. The Morgan fingerprint density at radius 1 is 1.54 bits per heavy atom. The number of hydrogen-bond donors (Lipinski definition) is 1. The molecule has 0 aliphatic carbocycles. The standard InChI is InChI=1S/C8H9N3S2/c9-7(8-2-1-3-12-8)4-6-5-10-13-11-6/h1-3,5,7H,4,9H2. The Balaban J connectivity index is 2.04. The van der Waals surface area contributed by atoms with Crippen LogP contribution in [0.25, 0.3) is 0 Å². The molecule has 0 amide bonds. The topological polar surface area (TPSA) is 51.8 Å². The van der Waals surface area contributed by atoms with Gasteiger partial charge in [0.05, 0.1) is 23.6 Å². The van der Waals surface area contributed by atoms with E-state index in [1.807, 2.05) is 11.4 Å². The molecule has 0 saturated heterocycles. The van der Waals surface area contributed by atoms with Crippen molar-refractivity contribution in [1.29, 1.82) is 0 Å². The van der Waals surface area contributed by atoms with Gasteiger partial charge in [-0.2, -0.15) is 8.75 Å². The van der Waals surface area contributed by atoms with E-state index in [1.165, 1.54) is 16.6 Å². The van der Waals surface area contributed by atoms with Crippen LogP contribution in [0, 0.1) is 0 Å². The van der Waals surface area contributed by atoms with E-state index in [-0.39, 0.29) is 6.04 Å². The van der Waals surface area contributed by atoms with Gasteiger partial charge in [-0.05, 0) is 11.4 Å². The summed E-state index contributed by atoms with van der Waals surface area (Å²) < 4.78 is 8.06. The Bertz CT molecular complexity index is 341. The second-order valence-electron chi connectivity index (χ2n) is 2.72. The lowest BCUT2D eigenvalue weighted by Gasteiger charge is -2.05. The van der Waals surface area contributed by atoms with Crippen molar-refractivity contribution in [3.05, 3.63) is 34.3 Å². The van der Waals surface area contributed by atoms with Gasteiger partial charge < -0.3 is 5.73 Å². The number of rotatable bonds is 3. The summed E-state index contributed by atoms with van der Waals surface area (Å²) in [4.78, 5) is 1.20. The summed E-state index contributed by atoms with van der Waals surface area (Å²) >= 11 is 2.91. The molecule has 0 aliphatic heterocycles. The van der Waals surface area contributed by atoms with Crippen LogP contribution in [0.1, 0.15) is 16.6 Å². The number of aromatic nitrogens is 2. The molecule has 3 nitrogen and oxygen atoms in total. The molecule has 0 radical (unpaired) electrons. The molecule has 0 fully saturated rings. The van der Waals surface area contributed by atoms with E-state index in [0.29, 0.717) is 0 Å². The second-order valence-corrected chi connectivity index (χ2v) is 4.26. The van der Waals surface area contributed by atoms with E-state index in [1.54, 1.807) is 17.5 Å². The van der Waals surface area contributed by atoms with Crippen molar-refractivity contribution in [2.24, 2.45) is 5.73 Å². The summed E-state index contributed by atoms with van der Waals surface area (Å²) in [6.07, 6.45) is 2.55. The van der Waals surface area contributed by atoms with Crippen LogP contribution in [0.5, 0.6) is 0 Å². The van der Waals surface area contributed by atoms with E-state index in [0.717, 1.165) is 12.1 Å². The molecular weight excluding hydrogens is 202 g/mol. The van der Waals surface area contributed by atoms with Crippen molar-refractivity contribution >= 4 is 23.1 Å². The van der Waals surface area contributed by atoms with Gasteiger partial charge >= 0.3 is 0 Å². The van der Waals surface area contributed by atoms with Gasteiger partial charge in [0.2, 0.25) is 0 Å². The minimum atomic E-state index is 0.0592. The van der Waals surface area contributed by atoms with Crippen LogP contribution in [-0.2, 0) is 6.42 Å². The molecule has 0 spiro atoms. The highest BCUT2D eigenvalue weighted by atomic mass is 32.1. The Morgan fingerprint density at radius 3 is 3.08 bits per heavy atom. The fraction of sp³-hybridized carbons (Fsp3) is 0.250. The Hall–Kier alpha value is -0.780. The third-order valence-corrected chi connectivity index (χ3v) is 3.26. The lowest BCUT2D eigenvalue weighted by molar-refractivity contribution is 0.725. The zero-order valence-electron chi connectivity index (χ0n) is 6.88. The molecule has 0 saturated carbocycles. The van der Waals surface area contributed by atoms with Gasteiger partial charge in [0, 0.05) is 17.3 Å². The third kappa shape index (κ3) is 2.12. The molecule has 5 heteroatoms. The lowest BCUT2D eigenvalue weighted by atomic mass is 10.1. The molecule has 0 aliphatic rings. The fourth-order valence-corrected chi connectivity index (χ4v) is 2.27. The Kier molecular flexibility index (Phi) is 2.68. The quantitative estimate of drug-likeness (QED) is 0.842. The average molecular weight is 211 g/mol. The normalized spacial score (nSPS) is 13.0. The van der Waals surface area contributed by atoms with Gasteiger partial charge in [-0.15, -0.1) is 11.3 Å². The predicted octanol–water partition coefficient (Wildman–Crippen LogP) is 1.84. The number of hydrogen-bond acceptors (Lipinski definition) is 5. The molecule has 1 atom stereocenters. The van der Waals surface area contributed by atoms with Crippen LogP contribution in [0.3, 0.4) is 0 Å². The molecule has 2 N–H and O–H groups in total. The molecule has 0 aromatic carbocycles. The van der Waals surface area contributed by atoms with E-state index in [4.69, 9.17) is 5.73 Å².